The van der Waals surface area contributed by atoms with E-state index in [9.17, 15) is 4.79 Å². The molecule has 110 valence electrons. The molecule has 5 heteroatoms. The quantitative estimate of drug-likeness (QED) is 0.831. The second-order valence-electron chi connectivity index (χ2n) is 4.97. The third-order valence-corrected chi connectivity index (χ3v) is 3.35. The summed E-state index contributed by atoms with van der Waals surface area (Å²) in [5.41, 5.74) is 1.11. The lowest BCUT2D eigenvalue weighted by atomic mass is 10.1. The van der Waals surface area contributed by atoms with Gasteiger partial charge in [-0.05, 0) is 37.5 Å². The highest BCUT2D eigenvalue weighted by atomic mass is 16.7. The molecule has 0 bridgehead atoms. The highest BCUT2D eigenvalue weighted by Crippen LogP contribution is 2.32. The van der Waals surface area contributed by atoms with Crippen LogP contribution in [0.2, 0.25) is 0 Å². The second-order valence-corrected chi connectivity index (χ2v) is 4.97. The Kier molecular flexibility index (Phi) is 4.71. The van der Waals surface area contributed by atoms with E-state index in [1.807, 2.05) is 32.0 Å². The average Bonchev–Trinajstić information content (AvgIpc) is 2.91. The number of carbonyl (C=O) groups excluding carboxylic acids is 1. The molecule has 1 unspecified atom stereocenters. The average molecular weight is 279 g/mol. The number of benzene rings is 1. The summed E-state index contributed by atoms with van der Waals surface area (Å²) in [5.74, 6) is 1.54. The van der Waals surface area contributed by atoms with Gasteiger partial charge < -0.3 is 19.1 Å². The van der Waals surface area contributed by atoms with Crippen LogP contribution in [0.3, 0.4) is 0 Å². The van der Waals surface area contributed by atoms with Crippen LogP contribution in [0.1, 0.15) is 25.8 Å². The monoisotopic (exact) mass is 279 g/mol. The van der Waals surface area contributed by atoms with Crippen molar-refractivity contribution in [2.75, 3.05) is 20.4 Å². The fraction of sp³-hybridized carbons (Fsp3) is 0.533. The molecule has 0 spiro atoms. The standard InChI is InChI=1S/C15H21NO4/c1-4-7-18-15(17)16(3)11(2)8-12-5-6-13-14(9-12)20-10-19-13/h5-6,9,11H,4,7-8,10H2,1-3H3. The maximum atomic E-state index is 11.8. The zero-order valence-electron chi connectivity index (χ0n) is 12.2. The third kappa shape index (κ3) is 3.35. The molecule has 0 N–H and O–H groups in total. The smallest absolute Gasteiger partial charge is 0.409 e. The largest absolute Gasteiger partial charge is 0.454 e. The Morgan fingerprint density at radius 1 is 1.40 bits per heavy atom. The molecule has 5 nitrogen and oxygen atoms in total. The molecule has 2 rings (SSSR count). The van der Waals surface area contributed by atoms with Gasteiger partial charge in [0, 0.05) is 13.1 Å². The van der Waals surface area contributed by atoms with Gasteiger partial charge >= 0.3 is 6.09 Å². The minimum atomic E-state index is -0.278. The summed E-state index contributed by atoms with van der Waals surface area (Å²) in [4.78, 5) is 13.4. The maximum Gasteiger partial charge on any atom is 0.409 e. The summed E-state index contributed by atoms with van der Waals surface area (Å²) in [6, 6.07) is 5.92. The Bertz CT molecular complexity index is 475. The molecule has 0 saturated heterocycles. The first-order valence-corrected chi connectivity index (χ1v) is 6.90. The van der Waals surface area contributed by atoms with Crippen molar-refractivity contribution in [2.24, 2.45) is 0 Å². The van der Waals surface area contributed by atoms with Crippen LogP contribution in [0.15, 0.2) is 18.2 Å². The summed E-state index contributed by atoms with van der Waals surface area (Å²) in [6.07, 6.45) is 1.30. The number of rotatable bonds is 5. The second kappa shape index (κ2) is 6.50. The van der Waals surface area contributed by atoms with E-state index in [0.29, 0.717) is 6.61 Å². The first kappa shape index (κ1) is 14.5. The van der Waals surface area contributed by atoms with Crippen LogP contribution in [0.4, 0.5) is 4.79 Å². The van der Waals surface area contributed by atoms with Crippen molar-refractivity contribution in [1.82, 2.24) is 4.90 Å². The topological polar surface area (TPSA) is 48.0 Å². The SMILES string of the molecule is CCCOC(=O)N(C)C(C)Cc1ccc2c(c1)OCO2. The molecule has 0 aromatic heterocycles. The molecule has 1 atom stereocenters. The van der Waals surface area contributed by atoms with Gasteiger partial charge in [0.05, 0.1) is 6.61 Å². The predicted octanol–water partition coefficient (Wildman–Crippen LogP) is 2.82. The number of nitrogens with zero attached hydrogens (tertiary/aromatic N) is 1. The number of ether oxygens (including phenoxy) is 3. The van der Waals surface area contributed by atoms with Gasteiger partial charge in [0.1, 0.15) is 0 Å². The van der Waals surface area contributed by atoms with Crippen molar-refractivity contribution in [1.29, 1.82) is 0 Å². The number of amides is 1. The third-order valence-electron chi connectivity index (χ3n) is 3.35. The number of hydrogen-bond acceptors (Lipinski definition) is 4. The van der Waals surface area contributed by atoms with Crippen LogP contribution < -0.4 is 9.47 Å². The molecule has 1 amide bonds. The molecule has 1 heterocycles. The predicted molar refractivity (Wildman–Crippen MR) is 75.1 cm³/mol. The van der Waals surface area contributed by atoms with E-state index >= 15 is 0 Å². The van der Waals surface area contributed by atoms with Gasteiger partial charge in [-0.15, -0.1) is 0 Å². The molecule has 1 aliphatic rings. The van der Waals surface area contributed by atoms with Gasteiger partial charge in [-0.25, -0.2) is 4.79 Å². The summed E-state index contributed by atoms with van der Waals surface area (Å²) in [5, 5.41) is 0. The molecule has 1 aliphatic heterocycles. The Morgan fingerprint density at radius 2 is 2.15 bits per heavy atom. The van der Waals surface area contributed by atoms with Crippen molar-refractivity contribution >= 4 is 6.09 Å². The highest BCUT2D eigenvalue weighted by Gasteiger charge is 2.19. The van der Waals surface area contributed by atoms with E-state index in [2.05, 4.69) is 0 Å². The zero-order chi connectivity index (χ0) is 14.5. The number of hydrogen-bond donors (Lipinski definition) is 0. The van der Waals surface area contributed by atoms with Crippen LogP contribution in [-0.4, -0.2) is 37.5 Å². The van der Waals surface area contributed by atoms with Crippen LogP contribution in [-0.2, 0) is 11.2 Å². The number of fused-ring (bicyclic) bond motifs is 1. The van der Waals surface area contributed by atoms with E-state index in [1.54, 1.807) is 11.9 Å². The fourth-order valence-electron chi connectivity index (χ4n) is 2.02. The fourth-order valence-corrected chi connectivity index (χ4v) is 2.02. The molecular formula is C15H21NO4. The normalized spacial score (nSPS) is 13.9. The molecule has 0 aliphatic carbocycles. The van der Waals surface area contributed by atoms with Crippen LogP contribution in [0.5, 0.6) is 11.5 Å². The van der Waals surface area contributed by atoms with E-state index in [0.717, 1.165) is 29.9 Å². The Balaban J connectivity index is 1.93. The highest BCUT2D eigenvalue weighted by molar-refractivity contribution is 5.67. The van der Waals surface area contributed by atoms with E-state index < -0.39 is 0 Å². The van der Waals surface area contributed by atoms with Crippen molar-refractivity contribution in [3.05, 3.63) is 23.8 Å². The summed E-state index contributed by atoms with van der Waals surface area (Å²) in [6.45, 7) is 4.71. The lowest BCUT2D eigenvalue weighted by molar-refractivity contribution is 0.0995. The first-order chi connectivity index (χ1) is 9.61. The van der Waals surface area contributed by atoms with Gasteiger partial charge in [0.2, 0.25) is 6.79 Å². The zero-order valence-corrected chi connectivity index (χ0v) is 12.2. The summed E-state index contributed by atoms with van der Waals surface area (Å²) < 4.78 is 15.8. The molecular weight excluding hydrogens is 258 g/mol. The van der Waals surface area contributed by atoms with Gasteiger partial charge in [0.25, 0.3) is 0 Å². The minimum absolute atomic E-state index is 0.0553. The Morgan fingerprint density at radius 3 is 2.90 bits per heavy atom. The molecule has 20 heavy (non-hydrogen) atoms. The van der Waals surface area contributed by atoms with E-state index in [1.165, 1.54) is 0 Å². The minimum Gasteiger partial charge on any atom is -0.454 e. The summed E-state index contributed by atoms with van der Waals surface area (Å²) >= 11 is 0. The summed E-state index contributed by atoms with van der Waals surface area (Å²) in [7, 11) is 1.76. The molecule has 0 saturated carbocycles. The Hall–Kier alpha value is -1.91. The lowest BCUT2D eigenvalue weighted by Crippen LogP contribution is -2.37. The van der Waals surface area contributed by atoms with Crippen LogP contribution in [0.25, 0.3) is 0 Å². The van der Waals surface area contributed by atoms with Gasteiger partial charge in [-0.1, -0.05) is 13.0 Å². The van der Waals surface area contributed by atoms with Crippen molar-refractivity contribution in [3.8, 4) is 11.5 Å². The molecule has 1 aromatic carbocycles. The van der Waals surface area contributed by atoms with Crippen molar-refractivity contribution in [2.45, 2.75) is 32.7 Å². The molecule has 1 aromatic rings. The Labute approximate surface area is 119 Å². The van der Waals surface area contributed by atoms with Crippen LogP contribution >= 0.6 is 0 Å². The van der Waals surface area contributed by atoms with E-state index in [-0.39, 0.29) is 18.9 Å². The lowest BCUT2D eigenvalue weighted by Gasteiger charge is -2.24. The first-order valence-electron chi connectivity index (χ1n) is 6.90. The molecule has 0 fully saturated rings. The number of likely N-dealkylation sites (N-methyl/N-ethyl adjacent to an activating group) is 1. The van der Waals surface area contributed by atoms with Gasteiger partial charge in [0.15, 0.2) is 11.5 Å². The maximum absolute atomic E-state index is 11.8. The van der Waals surface area contributed by atoms with Gasteiger partial charge in [-0.2, -0.15) is 0 Å². The number of carbonyl (C=O) groups is 1. The molecule has 0 radical (unpaired) electrons. The van der Waals surface area contributed by atoms with E-state index in [4.69, 9.17) is 14.2 Å². The van der Waals surface area contributed by atoms with Crippen molar-refractivity contribution < 1.29 is 19.0 Å². The van der Waals surface area contributed by atoms with Crippen LogP contribution in [0, 0.1) is 0 Å². The van der Waals surface area contributed by atoms with Crippen molar-refractivity contribution in [3.63, 3.8) is 0 Å². The van der Waals surface area contributed by atoms with Gasteiger partial charge in [-0.3, -0.25) is 0 Å².